The van der Waals surface area contributed by atoms with Crippen LogP contribution in [0.1, 0.15) is 40.3 Å². The first-order valence-electron chi connectivity index (χ1n) is 9.46. The third-order valence-electron chi connectivity index (χ3n) is 5.14. The third kappa shape index (κ3) is 3.30. The second-order valence-corrected chi connectivity index (χ2v) is 8.55. The third-order valence-corrected chi connectivity index (χ3v) is 6.53. The lowest BCUT2D eigenvalue weighted by Crippen LogP contribution is -2.31. The quantitative estimate of drug-likeness (QED) is 0.474. The number of benzene rings is 2. The molecule has 6 nitrogen and oxygen atoms in total. The topological polar surface area (TPSA) is 63.9 Å². The molecule has 1 fully saturated rings. The zero-order valence-corrected chi connectivity index (χ0v) is 17.3. The van der Waals surface area contributed by atoms with Gasteiger partial charge in [-0.2, -0.15) is 0 Å². The van der Waals surface area contributed by atoms with Crippen LogP contribution < -0.4 is 0 Å². The van der Waals surface area contributed by atoms with E-state index in [2.05, 4.69) is 16.1 Å². The summed E-state index contributed by atoms with van der Waals surface area (Å²) in [5, 5.41) is 6.11. The Morgan fingerprint density at radius 3 is 2.72 bits per heavy atom. The number of hydrogen-bond acceptors (Lipinski definition) is 5. The molecule has 0 N–H and O–H groups in total. The van der Waals surface area contributed by atoms with Gasteiger partial charge in [0.05, 0.1) is 21.9 Å². The molecular weight excluding hydrogens is 406 g/mol. The minimum Gasteiger partial charge on any atom is -0.326 e. The van der Waals surface area contributed by atoms with Crippen LogP contribution in [0.15, 0.2) is 48.5 Å². The largest absolute Gasteiger partial charge is 0.326 e. The van der Waals surface area contributed by atoms with E-state index < -0.39 is 0 Å². The highest BCUT2D eigenvalue weighted by Crippen LogP contribution is 2.37. The molecule has 2 aromatic heterocycles. The second kappa shape index (κ2) is 7.24. The van der Waals surface area contributed by atoms with Crippen molar-refractivity contribution in [2.45, 2.75) is 25.8 Å². The zero-order chi connectivity index (χ0) is 20.0. The number of rotatable bonds is 3. The summed E-state index contributed by atoms with van der Waals surface area (Å²) < 4.78 is 2.81. The highest BCUT2D eigenvalue weighted by molar-refractivity contribution is 7.18. The van der Waals surface area contributed by atoms with Crippen molar-refractivity contribution in [2.24, 2.45) is 0 Å². The molecule has 1 atom stereocenters. The normalized spacial score (nSPS) is 16.6. The van der Waals surface area contributed by atoms with Gasteiger partial charge in [0.25, 0.3) is 5.91 Å². The van der Waals surface area contributed by atoms with Gasteiger partial charge in [-0.1, -0.05) is 23.7 Å². The van der Waals surface area contributed by atoms with Crippen LogP contribution in [-0.4, -0.2) is 37.1 Å². The molecule has 1 saturated heterocycles. The van der Waals surface area contributed by atoms with Crippen molar-refractivity contribution in [3.8, 4) is 5.69 Å². The predicted octanol–water partition coefficient (Wildman–Crippen LogP) is 4.82. The predicted molar refractivity (Wildman–Crippen MR) is 114 cm³/mol. The van der Waals surface area contributed by atoms with Gasteiger partial charge in [-0.25, -0.2) is 14.6 Å². The Labute approximate surface area is 176 Å². The summed E-state index contributed by atoms with van der Waals surface area (Å²) in [6.07, 6.45) is 1.85. The molecule has 1 aliphatic rings. The molecule has 146 valence electrons. The molecule has 29 heavy (non-hydrogen) atoms. The fourth-order valence-electron chi connectivity index (χ4n) is 3.74. The Hall–Kier alpha value is -2.77. The van der Waals surface area contributed by atoms with E-state index in [0.717, 1.165) is 33.8 Å². The van der Waals surface area contributed by atoms with E-state index in [1.165, 1.54) is 0 Å². The van der Waals surface area contributed by atoms with E-state index in [1.807, 2.05) is 42.2 Å². The van der Waals surface area contributed by atoms with Crippen molar-refractivity contribution in [3.05, 3.63) is 70.2 Å². The maximum Gasteiger partial charge on any atom is 0.294 e. The Kier molecular flexibility index (Phi) is 4.56. The van der Waals surface area contributed by atoms with Crippen LogP contribution in [0.4, 0.5) is 0 Å². The summed E-state index contributed by atoms with van der Waals surface area (Å²) in [7, 11) is 0. The Bertz CT molecular complexity index is 1170. The fraction of sp³-hybridized carbons (Fsp3) is 0.238. The smallest absolute Gasteiger partial charge is 0.294 e. The number of thiazole rings is 1. The van der Waals surface area contributed by atoms with Crippen molar-refractivity contribution >= 4 is 39.1 Å². The van der Waals surface area contributed by atoms with Crippen LogP contribution in [0, 0.1) is 6.92 Å². The van der Waals surface area contributed by atoms with E-state index in [1.54, 1.807) is 28.2 Å². The number of carbonyl (C=O) groups is 1. The molecule has 0 unspecified atom stereocenters. The molecule has 1 amide bonds. The lowest BCUT2D eigenvalue weighted by Gasteiger charge is -2.21. The zero-order valence-electron chi connectivity index (χ0n) is 15.7. The lowest BCUT2D eigenvalue weighted by molar-refractivity contribution is 0.0723. The molecule has 0 bridgehead atoms. The Morgan fingerprint density at radius 1 is 1.14 bits per heavy atom. The molecule has 3 heterocycles. The Morgan fingerprint density at radius 2 is 1.93 bits per heavy atom. The van der Waals surface area contributed by atoms with Gasteiger partial charge in [0, 0.05) is 11.6 Å². The maximum atomic E-state index is 13.2. The molecule has 0 aliphatic carbocycles. The van der Waals surface area contributed by atoms with Crippen molar-refractivity contribution in [2.75, 3.05) is 6.54 Å². The molecule has 4 aromatic rings. The van der Waals surface area contributed by atoms with Gasteiger partial charge in [-0.05, 0) is 56.2 Å². The average molecular weight is 424 g/mol. The van der Waals surface area contributed by atoms with E-state index >= 15 is 0 Å². The number of carbonyl (C=O) groups excluding carboxylic acids is 1. The fourth-order valence-corrected chi connectivity index (χ4v) is 4.98. The molecular formula is C21H18ClN5OS. The van der Waals surface area contributed by atoms with Crippen LogP contribution in [0.25, 0.3) is 15.9 Å². The van der Waals surface area contributed by atoms with Crippen LogP contribution in [0.5, 0.6) is 0 Å². The number of likely N-dealkylation sites (tertiary alicyclic amines) is 1. The van der Waals surface area contributed by atoms with Gasteiger partial charge in [0.15, 0.2) is 0 Å². The number of fused-ring (bicyclic) bond motifs is 1. The number of aryl methyl sites for hydroxylation is 1. The summed E-state index contributed by atoms with van der Waals surface area (Å²) in [6.45, 7) is 2.53. The molecule has 5 rings (SSSR count). The van der Waals surface area contributed by atoms with E-state index in [4.69, 9.17) is 16.6 Å². The monoisotopic (exact) mass is 423 g/mol. The van der Waals surface area contributed by atoms with Crippen molar-refractivity contribution in [3.63, 3.8) is 0 Å². The summed E-state index contributed by atoms with van der Waals surface area (Å²) >= 11 is 7.63. The van der Waals surface area contributed by atoms with Gasteiger partial charge < -0.3 is 4.90 Å². The summed E-state index contributed by atoms with van der Waals surface area (Å²) in [5.74, 6) is 0.722. The van der Waals surface area contributed by atoms with Gasteiger partial charge in [0.2, 0.25) is 5.82 Å². The van der Waals surface area contributed by atoms with Gasteiger partial charge in [-0.3, -0.25) is 4.79 Å². The van der Waals surface area contributed by atoms with Crippen LogP contribution in [-0.2, 0) is 0 Å². The number of amides is 1. The second-order valence-electron chi connectivity index (χ2n) is 7.05. The molecule has 2 aromatic carbocycles. The molecule has 0 saturated carbocycles. The van der Waals surface area contributed by atoms with Crippen molar-refractivity contribution in [1.82, 2.24) is 24.6 Å². The van der Waals surface area contributed by atoms with E-state index in [-0.39, 0.29) is 17.8 Å². The lowest BCUT2D eigenvalue weighted by atomic mass is 10.2. The van der Waals surface area contributed by atoms with Crippen LogP contribution in [0.2, 0.25) is 5.02 Å². The van der Waals surface area contributed by atoms with Crippen molar-refractivity contribution < 1.29 is 4.79 Å². The number of aromatic nitrogens is 4. The maximum absolute atomic E-state index is 13.2. The number of halogens is 1. The minimum atomic E-state index is -0.150. The van der Waals surface area contributed by atoms with Crippen LogP contribution in [0.3, 0.4) is 0 Å². The number of hydrogen-bond donors (Lipinski definition) is 0. The Balaban J connectivity index is 1.45. The van der Waals surface area contributed by atoms with E-state index in [9.17, 15) is 4.79 Å². The first kappa shape index (κ1) is 18.3. The first-order chi connectivity index (χ1) is 14.1. The minimum absolute atomic E-state index is 0.0253. The van der Waals surface area contributed by atoms with Crippen LogP contribution >= 0.6 is 22.9 Å². The molecule has 0 spiro atoms. The van der Waals surface area contributed by atoms with Crippen molar-refractivity contribution in [1.29, 1.82) is 0 Å². The standard InChI is InChI=1S/C21H18ClN5OS/c1-13-23-19(25-27(13)15-10-8-14(22)9-11-15)21(28)26-12-4-6-17(26)20-24-16-5-2-3-7-18(16)29-20/h2-3,5,7-11,17H,4,6,12H2,1H3/t17-/m1/s1. The van der Waals surface area contributed by atoms with E-state index in [0.29, 0.717) is 17.4 Å². The molecule has 1 aliphatic heterocycles. The number of nitrogens with zero attached hydrogens (tertiary/aromatic N) is 5. The average Bonchev–Trinajstić information content (AvgIpc) is 3.45. The first-order valence-corrected chi connectivity index (χ1v) is 10.7. The van der Waals surface area contributed by atoms with Gasteiger partial charge in [0.1, 0.15) is 10.8 Å². The number of para-hydroxylation sites is 1. The summed E-state index contributed by atoms with van der Waals surface area (Å²) in [6, 6.07) is 15.4. The highest BCUT2D eigenvalue weighted by Gasteiger charge is 2.34. The molecule has 0 radical (unpaired) electrons. The van der Waals surface area contributed by atoms with Gasteiger partial charge in [-0.15, -0.1) is 16.4 Å². The summed E-state index contributed by atoms with van der Waals surface area (Å²) in [5.41, 5.74) is 1.80. The highest BCUT2D eigenvalue weighted by atomic mass is 35.5. The SMILES string of the molecule is Cc1nc(C(=O)N2CCC[C@@H]2c2nc3ccccc3s2)nn1-c1ccc(Cl)cc1. The molecule has 8 heteroatoms. The van der Waals surface area contributed by atoms with Gasteiger partial charge >= 0.3 is 0 Å². The summed E-state index contributed by atoms with van der Waals surface area (Å²) in [4.78, 5) is 24.3.